The molecule has 18 heavy (non-hydrogen) atoms. The number of benzene rings is 1. The van der Waals surface area contributed by atoms with E-state index in [0.717, 1.165) is 0 Å². The van der Waals surface area contributed by atoms with Gasteiger partial charge in [0.05, 0.1) is 17.8 Å². The van der Waals surface area contributed by atoms with Gasteiger partial charge in [0, 0.05) is 12.5 Å². The molecular formula is C13H16O5. The summed E-state index contributed by atoms with van der Waals surface area (Å²) in [7, 11) is 0. The molecule has 0 spiro atoms. The van der Waals surface area contributed by atoms with E-state index in [1.54, 1.807) is 26.0 Å². The van der Waals surface area contributed by atoms with Gasteiger partial charge in [-0.3, -0.25) is 4.79 Å². The third-order valence-corrected chi connectivity index (χ3v) is 2.60. The summed E-state index contributed by atoms with van der Waals surface area (Å²) >= 11 is 0. The Balaban J connectivity index is 2.10. The third kappa shape index (κ3) is 2.92. The monoisotopic (exact) mass is 252 g/mol. The molecule has 1 aromatic carbocycles. The lowest BCUT2D eigenvalue weighted by molar-refractivity contribution is 0.0552. The molecule has 5 heteroatoms. The van der Waals surface area contributed by atoms with E-state index in [9.17, 15) is 9.90 Å². The summed E-state index contributed by atoms with van der Waals surface area (Å²) in [5, 5.41) is 9.58. The zero-order valence-corrected chi connectivity index (χ0v) is 10.4. The van der Waals surface area contributed by atoms with E-state index in [-0.39, 0.29) is 6.79 Å². The molecule has 0 saturated heterocycles. The Hall–Kier alpha value is -1.75. The number of hydrogen-bond acceptors (Lipinski definition) is 5. The summed E-state index contributed by atoms with van der Waals surface area (Å²) in [5.41, 5.74) is -0.382. The van der Waals surface area contributed by atoms with Crippen molar-refractivity contribution in [1.29, 1.82) is 0 Å². The van der Waals surface area contributed by atoms with Crippen molar-refractivity contribution < 1.29 is 24.1 Å². The Morgan fingerprint density at radius 1 is 1.39 bits per heavy atom. The normalized spacial score (nSPS) is 13.5. The van der Waals surface area contributed by atoms with Crippen LogP contribution in [0.25, 0.3) is 0 Å². The van der Waals surface area contributed by atoms with Gasteiger partial charge in [-0.2, -0.15) is 0 Å². The third-order valence-electron chi connectivity index (χ3n) is 2.60. The Morgan fingerprint density at radius 3 is 2.67 bits per heavy atom. The first-order valence-electron chi connectivity index (χ1n) is 5.73. The summed E-state index contributed by atoms with van der Waals surface area (Å²) < 4.78 is 15.9. The van der Waals surface area contributed by atoms with Gasteiger partial charge in [-0.25, -0.2) is 0 Å². The van der Waals surface area contributed by atoms with Gasteiger partial charge in [-0.15, -0.1) is 0 Å². The van der Waals surface area contributed by atoms with Crippen molar-refractivity contribution in [3.05, 3.63) is 17.7 Å². The second kappa shape index (κ2) is 4.86. The Morgan fingerprint density at radius 2 is 2.06 bits per heavy atom. The molecule has 0 aliphatic carbocycles. The zero-order valence-electron chi connectivity index (χ0n) is 10.4. The lowest BCUT2D eigenvalue weighted by Gasteiger charge is -2.17. The highest BCUT2D eigenvalue weighted by Crippen LogP contribution is 2.37. The van der Waals surface area contributed by atoms with E-state index in [1.165, 1.54) is 0 Å². The molecule has 98 valence electrons. The lowest BCUT2D eigenvalue weighted by Crippen LogP contribution is -2.22. The molecule has 0 fully saturated rings. The van der Waals surface area contributed by atoms with Crippen LogP contribution in [0.3, 0.4) is 0 Å². The molecule has 0 saturated carbocycles. The molecule has 0 bridgehead atoms. The number of carbonyl (C=O) groups is 1. The van der Waals surface area contributed by atoms with Crippen molar-refractivity contribution in [2.75, 3.05) is 13.4 Å². The van der Waals surface area contributed by atoms with Crippen LogP contribution >= 0.6 is 0 Å². The first-order valence-corrected chi connectivity index (χ1v) is 5.73. The predicted octanol–water partition coefficient (Wildman–Crippen LogP) is 1.77. The number of ether oxygens (including phenoxy) is 3. The smallest absolute Gasteiger partial charge is 0.231 e. The number of fused-ring (bicyclic) bond motifs is 1. The largest absolute Gasteiger partial charge is 0.493 e. The Bertz CT molecular complexity index is 447. The number of aldehydes is 1. The van der Waals surface area contributed by atoms with E-state index in [1.807, 2.05) is 0 Å². The maximum absolute atomic E-state index is 11.0. The highest BCUT2D eigenvalue weighted by Gasteiger charge is 2.18. The quantitative estimate of drug-likeness (QED) is 0.809. The zero-order chi connectivity index (χ0) is 13.2. The molecule has 1 aromatic rings. The minimum absolute atomic E-state index is 0.154. The van der Waals surface area contributed by atoms with Crippen LogP contribution in [0.2, 0.25) is 0 Å². The SMILES string of the molecule is CC(C)(O)CCOc1cc2c(cc1C=O)OCO2. The van der Waals surface area contributed by atoms with Gasteiger partial charge in [-0.05, 0) is 19.9 Å². The molecule has 1 heterocycles. The van der Waals surface area contributed by atoms with Crippen LogP contribution < -0.4 is 14.2 Å². The van der Waals surface area contributed by atoms with Crippen LogP contribution in [0.4, 0.5) is 0 Å². The molecule has 0 unspecified atom stereocenters. The number of aliphatic hydroxyl groups is 1. The Labute approximate surface area is 105 Å². The van der Waals surface area contributed by atoms with Crippen molar-refractivity contribution >= 4 is 6.29 Å². The van der Waals surface area contributed by atoms with Gasteiger partial charge in [-0.1, -0.05) is 0 Å². The standard InChI is InChI=1S/C13H16O5/c1-13(2,15)3-4-16-10-6-12-11(17-8-18-12)5-9(10)7-14/h5-7,15H,3-4,8H2,1-2H3. The van der Waals surface area contributed by atoms with Gasteiger partial charge in [0.15, 0.2) is 17.8 Å². The topological polar surface area (TPSA) is 65.0 Å². The van der Waals surface area contributed by atoms with Crippen LogP contribution in [-0.2, 0) is 0 Å². The van der Waals surface area contributed by atoms with E-state index in [4.69, 9.17) is 14.2 Å². The molecule has 0 atom stereocenters. The first kappa shape index (κ1) is 12.7. The van der Waals surface area contributed by atoms with Crippen molar-refractivity contribution in [2.45, 2.75) is 25.9 Å². The van der Waals surface area contributed by atoms with Crippen LogP contribution in [-0.4, -0.2) is 30.4 Å². The van der Waals surface area contributed by atoms with Crippen molar-refractivity contribution in [3.8, 4) is 17.2 Å². The van der Waals surface area contributed by atoms with Gasteiger partial charge in [0.1, 0.15) is 5.75 Å². The summed E-state index contributed by atoms with van der Waals surface area (Å²) in [6.45, 7) is 3.89. The van der Waals surface area contributed by atoms with Gasteiger partial charge in [0.25, 0.3) is 0 Å². The molecule has 5 nitrogen and oxygen atoms in total. The molecule has 0 amide bonds. The van der Waals surface area contributed by atoms with Crippen molar-refractivity contribution in [3.63, 3.8) is 0 Å². The number of rotatable bonds is 5. The van der Waals surface area contributed by atoms with E-state index < -0.39 is 5.60 Å². The summed E-state index contributed by atoms with van der Waals surface area (Å²) in [4.78, 5) is 11.0. The fourth-order valence-electron chi connectivity index (χ4n) is 1.57. The van der Waals surface area contributed by atoms with Crippen LogP contribution in [0.1, 0.15) is 30.6 Å². The average molecular weight is 252 g/mol. The van der Waals surface area contributed by atoms with E-state index in [0.29, 0.717) is 42.1 Å². The van der Waals surface area contributed by atoms with Gasteiger partial charge < -0.3 is 19.3 Å². The number of carbonyl (C=O) groups excluding carboxylic acids is 1. The van der Waals surface area contributed by atoms with Crippen LogP contribution in [0.15, 0.2) is 12.1 Å². The fraction of sp³-hybridized carbons (Fsp3) is 0.462. The summed E-state index contributed by atoms with van der Waals surface area (Å²) in [5.74, 6) is 1.56. The molecule has 1 aliphatic heterocycles. The minimum Gasteiger partial charge on any atom is -0.493 e. The lowest BCUT2D eigenvalue weighted by atomic mass is 10.1. The average Bonchev–Trinajstić information content (AvgIpc) is 2.73. The molecule has 0 aromatic heterocycles. The van der Waals surface area contributed by atoms with Gasteiger partial charge >= 0.3 is 0 Å². The maximum Gasteiger partial charge on any atom is 0.231 e. The molecule has 1 aliphatic rings. The molecule has 1 N–H and O–H groups in total. The Kier molecular flexibility index (Phi) is 3.43. The van der Waals surface area contributed by atoms with Crippen molar-refractivity contribution in [2.24, 2.45) is 0 Å². The summed E-state index contributed by atoms with van der Waals surface area (Å²) in [6.07, 6.45) is 1.18. The van der Waals surface area contributed by atoms with Gasteiger partial charge in [0.2, 0.25) is 6.79 Å². The van der Waals surface area contributed by atoms with Crippen LogP contribution in [0.5, 0.6) is 17.2 Å². The highest BCUT2D eigenvalue weighted by atomic mass is 16.7. The molecule has 0 radical (unpaired) electrons. The van der Waals surface area contributed by atoms with Crippen LogP contribution in [0, 0.1) is 0 Å². The fourth-order valence-corrected chi connectivity index (χ4v) is 1.57. The van der Waals surface area contributed by atoms with E-state index >= 15 is 0 Å². The predicted molar refractivity (Wildman–Crippen MR) is 64.4 cm³/mol. The molecular weight excluding hydrogens is 236 g/mol. The van der Waals surface area contributed by atoms with E-state index in [2.05, 4.69) is 0 Å². The van der Waals surface area contributed by atoms with Crippen molar-refractivity contribution in [1.82, 2.24) is 0 Å². The first-order chi connectivity index (χ1) is 8.49. The molecule has 2 rings (SSSR count). The maximum atomic E-state index is 11.0. The number of hydrogen-bond donors (Lipinski definition) is 1. The highest BCUT2D eigenvalue weighted by molar-refractivity contribution is 5.81. The summed E-state index contributed by atoms with van der Waals surface area (Å²) in [6, 6.07) is 3.23. The minimum atomic E-state index is -0.794. The second-order valence-electron chi connectivity index (χ2n) is 4.77. The second-order valence-corrected chi connectivity index (χ2v) is 4.77.